The third kappa shape index (κ3) is 4.18. The van der Waals surface area contributed by atoms with E-state index in [4.69, 9.17) is 0 Å². The smallest absolute Gasteiger partial charge is 0.224 e. The fourth-order valence-electron chi connectivity index (χ4n) is 1.47. The van der Waals surface area contributed by atoms with E-state index in [1.165, 1.54) is 0 Å². The molecule has 0 rings (SSSR count). The Bertz CT molecular complexity index is 183. The van der Waals surface area contributed by atoms with Crippen molar-refractivity contribution in [2.24, 2.45) is 5.92 Å². The average molecular weight is 216 g/mol. The highest BCUT2D eigenvalue weighted by Gasteiger charge is 2.28. The van der Waals surface area contributed by atoms with Crippen LogP contribution < -0.4 is 10.6 Å². The number of nitrogens with one attached hydrogen (secondary N) is 2. The number of rotatable bonds is 7. The first-order valence-electron chi connectivity index (χ1n) is 5.62. The summed E-state index contributed by atoms with van der Waals surface area (Å²) in [6.45, 7) is 6.48. The third-order valence-electron chi connectivity index (χ3n) is 3.00. The number of carbonyl (C=O) groups is 1. The fraction of sp³-hybridized carbons (Fsp3) is 0.909. The van der Waals surface area contributed by atoms with Gasteiger partial charge in [0, 0.05) is 12.5 Å². The molecule has 0 fully saturated rings. The maximum Gasteiger partial charge on any atom is 0.224 e. The molecule has 0 spiro atoms. The van der Waals surface area contributed by atoms with Crippen LogP contribution in [0, 0.1) is 5.92 Å². The first kappa shape index (κ1) is 14.4. The van der Waals surface area contributed by atoms with Gasteiger partial charge in [-0.2, -0.15) is 0 Å². The summed E-state index contributed by atoms with van der Waals surface area (Å²) in [5.74, 6) is -0.0684. The van der Waals surface area contributed by atoms with Gasteiger partial charge in [-0.3, -0.25) is 4.79 Å². The van der Waals surface area contributed by atoms with E-state index in [0.29, 0.717) is 6.54 Å². The van der Waals surface area contributed by atoms with Crippen molar-refractivity contribution in [3.05, 3.63) is 0 Å². The molecule has 3 N–H and O–H groups in total. The van der Waals surface area contributed by atoms with Crippen molar-refractivity contribution in [2.75, 3.05) is 20.2 Å². The van der Waals surface area contributed by atoms with Gasteiger partial charge in [0.2, 0.25) is 5.91 Å². The second-order valence-electron chi connectivity index (χ2n) is 4.09. The molecule has 0 aliphatic rings. The largest absolute Gasteiger partial charge is 0.394 e. The van der Waals surface area contributed by atoms with Crippen molar-refractivity contribution in [1.29, 1.82) is 0 Å². The minimum Gasteiger partial charge on any atom is -0.394 e. The minimum absolute atomic E-state index is 0.00194. The summed E-state index contributed by atoms with van der Waals surface area (Å²) in [7, 11) is 1.82. The molecule has 1 atom stereocenters. The monoisotopic (exact) mass is 216 g/mol. The van der Waals surface area contributed by atoms with E-state index in [1.807, 2.05) is 27.8 Å². The van der Waals surface area contributed by atoms with E-state index in [-0.39, 0.29) is 18.4 Å². The lowest BCUT2D eigenvalue weighted by Gasteiger charge is -2.32. The van der Waals surface area contributed by atoms with Crippen molar-refractivity contribution in [3.8, 4) is 0 Å². The molecule has 1 amide bonds. The maximum absolute atomic E-state index is 11.8. The van der Waals surface area contributed by atoms with Crippen LogP contribution in [0.5, 0.6) is 0 Å². The van der Waals surface area contributed by atoms with Gasteiger partial charge < -0.3 is 15.7 Å². The molecule has 0 saturated heterocycles. The predicted octanol–water partition coefficient (Wildman–Crippen LogP) is 0.509. The summed E-state index contributed by atoms with van der Waals surface area (Å²) in [4.78, 5) is 11.8. The standard InChI is InChI=1S/C11H24N2O2/c1-5-11(6-2,8-14)13-10(15)9(3)7-12-4/h9,12,14H,5-8H2,1-4H3,(H,13,15). The van der Waals surface area contributed by atoms with Crippen LogP contribution >= 0.6 is 0 Å². The molecule has 0 heterocycles. The van der Waals surface area contributed by atoms with E-state index in [9.17, 15) is 9.90 Å². The second kappa shape index (κ2) is 6.80. The Labute approximate surface area is 92.4 Å². The molecular formula is C11H24N2O2. The predicted molar refractivity (Wildman–Crippen MR) is 61.6 cm³/mol. The van der Waals surface area contributed by atoms with Gasteiger partial charge in [0.25, 0.3) is 0 Å². The molecule has 0 aliphatic carbocycles. The van der Waals surface area contributed by atoms with Crippen molar-refractivity contribution < 1.29 is 9.90 Å². The van der Waals surface area contributed by atoms with Gasteiger partial charge >= 0.3 is 0 Å². The molecule has 1 unspecified atom stereocenters. The van der Waals surface area contributed by atoms with Gasteiger partial charge in [0.1, 0.15) is 0 Å². The van der Waals surface area contributed by atoms with E-state index < -0.39 is 5.54 Å². The quantitative estimate of drug-likeness (QED) is 0.581. The number of carbonyl (C=O) groups excluding carboxylic acids is 1. The van der Waals surface area contributed by atoms with E-state index in [2.05, 4.69) is 10.6 Å². The Morgan fingerprint density at radius 2 is 1.93 bits per heavy atom. The van der Waals surface area contributed by atoms with E-state index >= 15 is 0 Å². The lowest BCUT2D eigenvalue weighted by atomic mass is 9.93. The molecular weight excluding hydrogens is 192 g/mol. The summed E-state index contributed by atoms with van der Waals surface area (Å²) < 4.78 is 0. The van der Waals surface area contributed by atoms with E-state index in [1.54, 1.807) is 0 Å². The Kier molecular flexibility index (Phi) is 6.52. The van der Waals surface area contributed by atoms with Crippen LogP contribution in [0.3, 0.4) is 0 Å². The first-order valence-corrected chi connectivity index (χ1v) is 5.62. The number of hydrogen-bond donors (Lipinski definition) is 3. The minimum atomic E-state index is -0.445. The highest BCUT2D eigenvalue weighted by Crippen LogP contribution is 2.14. The van der Waals surface area contributed by atoms with Crippen LogP contribution in [-0.2, 0) is 4.79 Å². The highest BCUT2D eigenvalue weighted by atomic mass is 16.3. The highest BCUT2D eigenvalue weighted by molar-refractivity contribution is 5.79. The van der Waals surface area contributed by atoms with Crippen LogP contribution in [0.4, 0.5) is 0 Å². The summed E-state index contributed by atoms with van der Waals surface area (Å²) >= 11 is 0. The molecule has 0 aromatic rings. The van der Waals surface area contributed by atoms with Crippen molar-refractivity contribution in [2.45, 2.75) is 39.2 Å². The number of aliphatic hydroxyl groups excluding tert-OH is 1. The fourth-order valence-corrected chi connectivity index (χ4v) is 1.47. The van der Waals surface area contributed by atoms with E-state index in [0.717, 1.165) is 12.8 Å². The number of aliphatic hydroxyl groups is 1. The Morgan fingerprint density at radius 1 is 1.40 bits per heavy atom. The SMILES string of the molecule is CCC(CC)(CO)NC(=O)C(C)CNC. The summed E-state index contributed by atoms with van der Waals surface area (Å²) in [6, 6.07) is 0. The molecule has 0 aromatic heterocycles. The molecule has 0 radical (unpaired) electrons. The van der Waals surface area contributed by atoms with Crippen LogP contribution in [0.1, 0.15) is 33.6 Å². The molecule has 0 aromatic carbocycles. The zero-order valence-electron chi connectivity index (χ0n) is 10.3. The van der Waals surface area contributed by atoms with Gasteiger partial charge in [-0.25, -0.2) is 0 Å². The van der Waals surface area contributed by atoms with Crippen molar-refractivity contribution >= 4 is 5.91 Å². The molecule has 90 valence electrons. The normalized spacial score (nSPS) is 13.7. The number of amides is 1. The number of hydrogen-bond acceptors (Lipinski definition) is 3. The van der Waals surface area contributed by atoms with Gasteiger partial charge in [-0.05, 0) is 19.9 Å². The van der Waals surface area contributed by atoms with Crippen LogP contribution in [0.2, 0.25) is 0 Å². The molecule has 15 heavy (non-hydrogen) atoms. The molecule has 4 heteroatoms. The molecule has 0 aliphatic heterocycles. The van der Waals surface area contributed by atoms with Crippen LogP contribution in [0.15, 0.2) is 0 Å². The molecule has 0 saturated carbocycles. The lowest BCUT2D eigenvalue weighted by Crippen LogP contribution is -2.52. The lowest BCUT2D eigenvalue weighted by molar-refractivity contribution is -0.127. The van der Waals surface area contributed by atoms with Crippen LogP contribution in [-0.4, -0.2) is 36.8 Å². The van der Waals surface area contributed by atoms with Crippen LogP contribution in [0.25, 0.3) is 0 Å². The van der Waals surface area contributed by atoms with Gasteiger partial charge in [-0.15, -0.1) is 0 Å². The zero-order valence-corrected chi connectivity index (χ0v) is 10.3. The summed E-state index contributed by atoms with van der Waals surface area (Å²) in [5, 5.41) is 15.2. The Hall–Kier alpha value is -0.610. The third-order valence-corrected chi connectivity index (χ3v) is 3.00. The molecule has 0 bridgehead atoms. The maximum atomic E-state index is 11.8. The van der Waals surface area contributed by atoms with Crippen molar-refractivity contribution in [1.82, 2.24) is 10.6 Å². The average Bonchev–Trinajstić information content (AvgIpc) is 2.26. The first-order chi connectivity index (χ1) is 7.05. The Balaban J connectivity index is 4.34. The van der Waals surface area contributed by atoms with Gasteiger partial charge in [0.15, 0.2) is 0 Å². The van der Waals surface area contributed by atoms with Crippen molar-refractivity contribution in [3.63, 3.8) is 0 Å². The second-order valence-corrected chi connectivity index (χ2v) is 4.09. The summed E-state index contributed by atoms with van der Waals surface area (Å²) in [5.41, 5.74) is -0.445. The Morgan fingerprint density at radius 3 is 2.27 bits per heavy atom. The zero-order chi connectivity index (χ0) is 11.9. The molecule has 4 nitrogen and oxygen atoms in total. The van der Waals surface area contributed by atoms with Gasteiger partial charge in [0.05, 0.1) is 12.1 Å². The van der Waals surface area contributed by atoms with Gasteiger partial charge in [-0.1, -0.05) is 20.8 Å². The summed E-state index contributed by atoms with van der Waals surface area (Å²) in [6.07, 6.45) is 1.50. The topological polar surface area (TPSA) is 61.4 Å².